The Morgan fingerprint density at radius 2 is 2.03 bits per heavy atom. The lowest BCUT2D eigenvalue weighted by molar-refractivity contribution is 0.0637. The minimum atomic E-state index is -0.652. The molecule has 2 aliphatic rings. The molecule has 36 heavy (non-hydrogen) atoms. The molecule has 2 aromatic heterocycles. The summed E-state index contributed by atoms with van der Waals surface area (Å²) in [5.41, 5.74) is 4.95. The molecular weight excluding hydrogens is 459 g/mol. The number of nitrogens with one attached hydrogen (secondary N) is 1. The van der Waals surface area contributed by atoms with Gasteiger partial charge in [0.05, 0.1) is 19.7 Å². The number of aromatic nitrogens is 3. The lowest BCUT2D eigenvalue weighted by Gasteiger charge is -2.40. The Labute approximate surface area is 211 Å². The molecule has 190 valence electrons. The highest BCUT2D eigenvalue weighted by Crippen LogP contribution is 2.55. The SMILES string of the molecule is CNc1nccn1Cc1cc(CN(C)C)c2c(c1)C(=O)N([C@@H](C)c1cnc(F)c(OC)c1)CC21CC1. The summed E-state index contributed by atoms with van der Waals surface area (Å²) in [6.45, 7) is 3.99. The standard InChI is InChI=1S/C27H33FN6O2/c1-17(19-12-22(36-5)24(28)31-13-19)34-16-27(6-7-27)23-20(15-32(3)4)10-18(11-21(23)25(34)35)14-33-9-8-30-26(33)29-2/h8-13,17H,6-7,14-16H2,1-5H3,(H,29,30)/t17-/m0/s1. The zero-order valence-electron chi connectivity index (χ0n) is 21.5. The summed E-state index contributed by atoms with van der Waals surface area (Å²) in [4.78, 5) is 26.3. The van der Waals surface area contributed by atoms with Crippen molar-refractivity contribution in [1.29, 1.82) is 0 Å². The number of fused-ring (bicyclic) bond motifs is 2. The molecule has 1 aliphatic carbocycles. The fourth-order valence-corrected chi connectivity index (χ4v) is 5.48. The first kappa shape index (κ1) is 24.2. The van der Waals surface area contributed by atoms with Crippen molar-refractivity contribution >= 4 is 11.9 Å². The van der Waals surface area contributed by atoms with E-state index >= 15 is 0 Å². The average molecular weight is 493 g/mol. The number of methoxy groups -OCH3 is 1. The molecule has 1 atom stereocenters. The summed E-state index contributed by atoms with van der Waals surface area (Å²) < 4.78 is 21.1. The van der Waals surface area contributed by atoms with Crippen molar-refractivity contribution in [3.8, 4) is 5.75 Å². The quantitative estimate of drug-likeness (QED) is 0.482. The summed E-state index contributed by atoms with van der Waals surface area (Å²) >= 11 is 0. The summed E-state index contributed by atoms with van der Waals surface area (Å²) in [7, 11) is 7.38. The van der Waals surface area contributed by atoms with Gasteiger partial charge in [0.2, 0.25) is 5.95 Å². The van der Waals surface area contributed by atoms with E-state index in [4.69, 9.17) is 4.74 Å². The molecule has 0 saturated heterocycles. The highest BCUT2D eigenvalue weighted by molar-refractivity contribution is 5.99. The Hall–Kier alpha value is -3.46. The maximum atomic E-state index is 14.0. The minimum Gasteiger partial charge on any atom is -0.492 e. The molecule has 0 bridgehead atoms. The van der Waals surface area contributed by atoms with Crippen LogP contribution in [-0.2, 0) is 18.5 Å². The molecule has 8 nitrogen and oxygen atoms in total. The predicted molar refractivity (Wildman–Crippen MR) is 136 cm³/mol. The van der Waals surface area contributed by atoms with Gasteiger partial charge in [-0.15, -0.1) is 0 Å². The molecular formula is C27H33FN6O2. The molecule has 3 heterocycles. The van der Waals surface area contributed by atoms with Gasteiger partial charge in [0.15, 0.2) is 5.75 Å². The molecule has 1 N–H and O–H groups in total. The number of halogens is 1. The summed E-state index contributed by atoms with van der Waals surface area (Å²) in [6, 6.07) is 5.68. The monoisotopic (exact) mass is 492 g/mol. The molecule has 1 spiro atoms. The first-order chi connectivity index (χ1) is 17.3. The first-order valence-electron chi connectivity index (χ1n) is 12.3. The van der Waals surface area contributed by atoms with E-state index in [-0.39, 0.29) is 23.1 Å². The number of benzene rings is 1. The van der Waals surface area contributed by atoms with E-state index in [1.165, 1.54) is 24.4 Å². The number of nitrogens with zero attached hydrogens (tertiary/aromatic N) is 5. The normalized spacial score (nSPS) is 16.9. The number of carbonyl (C=O) groups is 1. The van der Waals surface area contributed by atoms with Gasteiger partial charge in [0.25, 0.3) is 11.9 Å². The molecule has 3 aromatic rings. The molecule has 0 unspecified atom stereocenters. The molecule has 1 aromatic carbocycles. The Morgan fingerprint density at radius 1 is 1.25 bits per heavy atom. The third-order valence-corrected chi connectivity index (χ3v) is 7.40. The number of anilines is 1. The highest BCUT2D eigenvalue weighted by atomic mass is 19.1. The molecule has 1 amide bonds. The van der Waals surface area contributed by atoms with Gasteiger partial charge in [0, 0.05) is 49.7 Å². The van der Waals surface area contributed by atoms with E-state index < -0.39 is 5.95 Å². The number of hydrogen-bond acceptors (Lipinski definition) is 6. The van der Waals surface area contributed by atoms with Crippen molar-refractivity contribution in [3.05, 3.63) is 70.6 Å². The number of rotatable bonds is 8. The predicted octanol–water partition coefficient (Wildman–Crippen LogP) is 3.83. The molecule has 1 saturated carbocycles. The Morgan fingerprint density at radius 3 is 2.69 bits per heavy atom. The van der Waals surface area contributed by atoms with Gasteiger partial charge in [0.1, 0.15) is 0 Å². The van der Waals surface area contributed by atoms with E-state index in [0.29, 0.717) is 13.1 Å². The van der Waals surface area contributed by atoms with Crippen LogP contribution >= 0.6 is 0 Å². The van der Waals surface area contributed by atoms with Crippen molar-refractivity contribution in [2.24, 2.45) is 0 Å². The number of ether oxygens (including phenoxy) is 1. The van der Waals surface area contributed by atoms with Crippen molar-refractivity contribution in [2.45, 2.75) is 44.3 Å². The Balaban J connectivity index is 1.57. The van der Waals surface area contributed by atoms with E-state index in [1.807, 2.05) is 29.6 Å². The van der Waals surface area contributed by atoms with Crippen LogP contribution in [0.4, 0.5) is 10.3 Å². The smallest absolute Gasteiger partial charge is 0.255 e. The van der Waals surface area contributed by atoms with E-state index in [1.54, 1.807) is 12.3 Å². The van der Waals surface area contributed by atoms with Crippen molar-refractivity contribution < 1.29 is 13.9 Å². The van der Waals surface area contributed by atoms with Crippen molar-refractivity contribution in [2.75, 3.05) is 40.1 Å². The highest BCUT2D eigenvalue weighted by Gasteiger charge is 2.53. The average Bonchev–Trinajstić information content (AvgIpc) is 3.48. The van der Waals surface area contributed by atoms with E-state index in [2.05, 4.69) is 46.4 Å². The second kappa shape index (κ2) is 9.20. The largest absolute Gasteiger partial charge is 0.492 e. The Kier molecular flexibility index (Phi) is 6.20. The lowest BCUT2D eigenvalue weighted by Crippen LogP contribution is -2.45. The van der Waals surface area contributed by atoms with Crippen molar-refractivity contribution in [3.63, 3.8) is 0 Å². The summed E-state index contributed by atoms with van der Waals surface area (Å²) in [6.07, 6.45) is 7.30. The number of imidazole rings is 1. The maximum absolute atomic E-state index is 14.0. The van der Waals surface area contributed by atoms with E-state index in [0.717, 1.165) is 42.0 Å². The first-order valence-corrected chi connectivity index (χ1v) is 12.3. The fourth-order valence-electron chi connectivity index (χ4n) is 5.48. The van der Waals surface area contributed by atoms with Gasteiger partial charge in [-0.3, -0.25) is 4.79 Å². The second-order valence-electron chi connectivity index (χ2n) is 10.2. The van der Waals surface area contributed by atoms with Gasteiger partial charge in [-0.05, 0) is 68.2 Å². The second-order valence-corrected chi connectivity index (χ2v) is 10.2. The van der Waals surface area contributed by atoms with Crippen LogP contribution in [0.1, 0.15) is 58.4 Å². The number of hydrogen-bond donors (Lipinski definition) is 1. The fraction of sp³-hybridized carbons (Fsp3) is 0.444. The van der Waals surface area contributed by atoms with Crippen LogP contribution in [-0.4, -0.2) is 65.0 Å². The maximum Gasteiger partial charge on any atom is 0.255 e. The van der Waals surface area contributed by atoms with Crippen LogP contribution in [0.15, 0.2) is 36.8 Å². The van der Waals surface area contributed by atoms with Crippen LogP contribution in [0, 0.1) is 5.95 Å². The number of carbonyl (C=O) groups excluding carboxylic acids is 1. The molecule has 5 rings (SSSR count). The molecule has 1 aliphatic heterocycles. The Bertz CT molecular complexity index is 1300. The van der Waals surface area contributed by atoms with Crippen LogP contribution in [0.25, 0.3) is 0 Å². The minimum absolute atomic E-state index is 0.000330. The van der Waals surface area contributed by atoms with E-state index in [9.17, 15) is 9.18 Å². The van der Waals surface area contributed by atoms with Crippen LogP contribution in [0.5, 0.6) is 5.75 Å². The zero-order valence-corrected chi connectivity index (χ0v) is 21.5. The van der Waals surface area contributed by atoms with Gasteiger partial charge in [-0.2, -0.15) is 4.39 Å². The lowest BCUT2D eigenvalue weighted by atomic mass is 9.81. The zero-order chi connectivity index (χ0) is 25.6. The van der Waals surface area contributed by atoms with Gasteiger partial charge in [-0.1, -0.05) is 6.07 Å². The molecule has 1 fully saturated rings. The topological polar surface area (TPSA) is 75.5 Å². The van der Waals surface area contributed by atoms with Crippen molar-refractivity contribution in [1.82, 2.24) is 24.3 Å². The third kappa shape index (κ3) is 4.21. The summed E-state index contributed by atoms with van der Waals surface area (Å²) in [5.74, 6) is 0.210. The van der Waals surface area contributed by atoms with Gasteiger partial charge >= 0.3 is 0 Å². The third-order valence-electron chi connectivity index (χ3n) is 7.40. The van der Waals surface area contributed by atoms with Crippen LogP contribution in [0.3, 0.4) is 0 Å². The molecule has 0 radical (unpaired) electrons. The number of pyridine rings is 1. The molecule has 9 heteroatoms. The van der Waals surface area contributed by atoms with Crippen LogP contribution in [0.2, 0.25) is 0 Å². The van der Waals surface area contributed by atoms with Gasteiger partial charge < -0.3 is 24.4 Å². The van der Waals surface area contributed by atoms with Crippen LogP contribution < -0.4 is 10.1 Å². The summed E-state index contributed by atoms with van der Waals surface area (Å²) in [5, 5.41) is 3.12. The van der Waals surface area contributed by atoms with Gasteiger partial charge in [-0.25, -0.2) is 9.97 Å². The number of amides is 1.